The van der Waals surface area contributed by atoms with Crippen molar-refractivity contribution in [2.75, 3.05) is 13.1 Å². The molecule has 19 heavy (non-hydrogen) atoms. The van der Waals surface area contributed by atoms with Gasteiger partial charge in [-0.2, -0.15) is 0 Å². The van der Waals surface area contributed by atoms with Crippen molar-refractivity contribution < 1.29 is 18.3 Å². The highest BCUT2D eigenvalue weighted by atomic mass is 19.2. The van der Waals surface area contributed by atoms with Gasteiger partial charge in [-0.15, -0.1) is 0 Å². The lowest BCUT2D eigenvalue weighted by Crippen LogP contribution is -2.44. The molecule has 1 unspecified atom stereocenters. The highest BCUT2D eigenvalue weighted by molar-refractivity contribution is 5.20. The van der Waals surface area contributed by atoms with Crippen LogP contribution in [0.1, 0.15) is 18.4 Å². The third-order valence-electron chi connectivity index (χ3n) is 4.37. The van der Waals surface area contributed by atoms with Crippen LogP contribution in [0.5, 0.6) is 0 Å². The second-order valence-corrected chi connectivity index (χ2v) is 5.62. The summed E-state index contributed by atoms with van der Waals surface area (Å²) in [7, 11) is 0. The van der Waals surface area contributed by atoms with Crippen LogP contribution in [-0.2, 0) is 6.54 Å². The Morgan fingerprint density at radius 1 is 1.05 bits per heavy atom. The number of hydrogen-bond acceptors (Lipinski definition) is 2. The van der Waals surface area contributed by atoms with Gasteiger partial charge in [-0.25, -0.2) is 13.2 Å². The molecule has 1 N–H and O–H groups in total. The largest absolute Gasteiger partial charge is 0.392 e. The van der Waals surface area contributed by atoms with Crippen LogP contribution in [0.15, 0.2) is 12.1 Å². The Bertz CT molecular complexity index is 480. The van der Waals surface area contributed by atoms with Crippen LogP contribution in [0, 0.1) is 29.3 Å². The summed E-state index contributed by atoms with van der Waals surface area (Å²) in [6.45, 7) is 1.65. The number of fused-ring (bicyclic) bond motifs is 2. The van der Waals surface area contributed by atoms with Gasteiger partial charge < -0.3 is 5.11 Å². The molecule has 1 saturated heterocycles. The number of hydrogen-bond donors (Lipinski definition) is 1. The third-order valence-corrected chi connectivity index (χ3v) is 4.37. The average molecular weight is 271 g/mol. The number of aliphatic hydroxyl groups is 1. The molecule has 2 bridgehead atoms. The minimum atomic E-state index is -1.41. The van der Waals surface area contributed by atoms with E-state index in [2.05, 4.69) is 0 Å². The predicted octanol–water partition coefficient (Wildman–Crippen LogP) is 2.31. The first-order valence-corrected chi connectivity index (χ1v) is 6.59. The first-order valence-electron chi connectivity index (χ1n) is 6.59. The van der Waals surface area contributed by atoms with E-state index < -0.39 is 17.5 Å². The zero-order valence-corrected chi connectivity index (χ0v) is 10.5. The smallest absolute Gasteiger partial charge is 0.194 e. The molecule has 1 aromatic carbocycles. The molecule has 1 heterocycles. The van der Waals surface area contributed by atoms with Gasteiger partial charge in [0.05, 0.1) is 6.10 Å². The van der Waals surface area contributed by atoms with Gasteiger partial charge in [-0.3, -0.25) is 4.90 Å². The molecule has 0 amide bonds. The number of nitrogens with zero attached hydrogens (tertiary/aromatic N) is 1. The Morgan fingerprint density at radius 2 is 1.68 bits per heavy atom. The Kier molecular flexibility index (Phi) is 3.27. The molecule has 1 aromatic rings. The standard InChI is InChI=1S/C14H16F3NO/c15-11-4-3-8(12(16)13(11)17)5-18-6-9-1-2-10(7-18)14(9)19/h3-4,9-10,14,19H,1-2,5-7H2/t9-,10+,14?. The van der Waals surface area contributed by atoms with E-state index in [1.807, 2.05) is 4.90 Å². The molecule has 0 aromatic heterocycles. The summed E-state index contributed by atoms with van der Waals surface area (Å²) in [6.07, 6.45) is 1.72. The lowest BCUT2D eigenvalue weighted by atomic mass is 9.95. The Hall–Kier alpha value is -1.07. The van der Waals surface area contributed by atoms with Gasteiger partial charge in [-0.1, -0.05) is 6.07 Å². The summed E-state index contributed by atoms with van der Waals surface area (Å²) in [4.78, 5) is 2.02. The first kappa shape index (κ1) is 12.9. The van der Waals surface area contributed by atoms with Crippen molar-refractivity contribution in [1.29, 1.82) is 0 Å². The van der Waals surface area contributed by atoms with Crippen molar-refractivity contribution in [3.8, 4) is 0 Å². The van der Waals surface area contributed by atoms with Crippen molar-refractivity contribution in [1.82, 2.24) is 4.90 Å². The summed E-state index contributed by atoms with van der Waals surface area (Å²) in [5.41, 5.74) is 0.176. The lowest BCUT2D eigenvalue weighted by molar-refractivity contribution is 0.0135. The maximum atomic E-state index is 13.6. The number of halogens is 3. The SMILES string of the molecule is OC1[C@@H]2CC[C@H]1CN(Cc1ccc(F)c(F)c1F)C2. The van der Waals surface area contributed by atoms with Crippen LogP contribution < -0.4 is 0 Å². The number of likely N-dealkylation sites (tertiary alicyclic amines) is 1. The molecule has 104 valence electrons. The van der Waals surface area contributed by atoms with Crippen molar-refractivity contribution in [2.45, 2.75) is 25.5 Å². The van der Waals surface area contributed by atoms with Crippen molar-refractivity contribution in [3.05, 3.63) is 35.1 Å². The van der Waals surface area contributed by atoms with Gasteiger partial charge in [0, 0.05) is 25.2 Å². The van der Waals surface area contributed by atoms with E-state index in [1.54, 1.807) is 0 Å². The monoisotopic (exact) mass is 271 g/mol. The van der Waals surface area contributed by atoms with Crippen LogP contribution in [-0.4, -0.2) is 29.2 Å². The van der Waals surface area contributed by atoms with E-state index in [0.717, 1.165) is 18.9 Å². The molecule has 0 radical (unpaired) electrons. The summed E-state index contributed by atoms with van der Waals surface area (Å²) >= 11 is 0. The van der Waals surface area contributed by atoms with Crippen LogP contribution >= 0.6 is 0 Å². The lowest BCUT2D eigenvalue weighted by Gasteiger charge is -2.35. The van der Waals surface area contributed by atoms with Gasteiger partial charge in [0.2, 0.25) is 0 Å². The molecule has 0 spiro atoms. The van der Waals surface area contributed by atoms with E-state index in [-0.39, 0.29) is 30.0 Å². The highest BCUT2D eigenvalue weighted by Crippen LogP contribution is 2.37. The molecule has 1 saturated carbocycles. The topological polar surface area (TPSA) is 23.5 Å². The average Bonchev–Trinajstić information content (AvgIpc) is 2.63. The van der Waals surface area contributed by atoms with Crippen LogP contribution in [0.25, 0.3) is 0 Å². The molecule has 2 aliphatic rings. The van der Waals surface area contributed by atoms with Crippen LogP contribution in [0.3, 0.4) is 0 Å². The minimum absolute atomic E-state index is 0.176. The van der Waals surface area contributed by atoms with Crippen molar-refractivity contribution in [3.63, 3.8) is 0 Å². The predicted molar refractivity (Wildman–Crippen MR) is 63.8 cm³/mol. The second-order valence-electron chi connectivity index (χ2n) is 5.62. The fourth-order valence-corrected chi connectivity index (χ4v) is 3.35. The van der Waals surface area contributed by atoms with Gasteiger partial charge in [0.1, 0.15) is 0 Å². The molecule has 5 heteroatoms. The molecule has 3 rings (SSSR count). The van der Waals surface area contributed by atoms with E-state index in [9.17, 15) is 18.3 Å². The van der Waals surface area contributed by atoms with Gasteiger partial charge in [-0.05, 0) is 30.7 Å². The van der Waals surface area contributed by atoms with E-state index >= 15 is 0 Å². The van der Waals surface area contributed by atoms with Crippen molar-refractivity contribution in [2.24, 2.45) is 11.8 Å². The van der Waals surface area contributed by atoms with Gasteiger partial charge >= 0.3 is 0 Å². The first-order chi connectivity index (χ1) is 9.06. The molecule has 3 atom stereocenters. The van der Waals surface area contributed by atoms with Crippen LogP contribution in [0.2, 0.25) is 0 Å². The molecule has 1 aliphatic carbocycles. The maximum absolute atomic E-state index is 13.6. The Morgan fingerprint density at radius 3 is 2.32 bits per heavy atom. The summed E-state index contributed by atoms with van der Waals surface area (Å²) < 4.78 is 39.6. The molecule has 2 fully saturated rings. The van der Waals surface area contributed by atoms with Crippen molar-refractivity contribution >= 4 is 0 Å². The summed E-state index contributed by atoms with van der Waals surface area (Å²) in [5, 5.41) is 9.92. The summed E-state index contributed by atoms with van der Waals surface area (Å²) in [6, 6.07) is 2.25. The van der Waals surface area contributed by atoms with E-state index in [0.29, 0.717) is 13.1 Å². The van der Waals surface area contributed by atoms with E-state index in [1.165, 1.54) is 6.07 Å². The molecule has 2 nitrogen and oxygen atoms in total. The van der Waals surface area contributed by atoms with Crippen LogP contribution in [0.4, 0.5) is 13.2 Å². The fourth-order valence-electron chi connectivity index (χ4n) is 3.35. The fraction of sp³-hybridized carbons (Fsp3) is 0.571. The van der Waals surface area contributed by atoms with Gasteiger partial charge in [0.25, 0.3) is 0 Å². The normalized spacial score (nSPS) is 30.8. The zero-order chi connectivity index (χ0) is 13.6. The zero-order valence-electron chi connectivity index (χ0n) is 10.5. The molecular formula is C14H16F3NO. The number of benzene rings is 1. The van der Waals surface area contributed by atoms with Gasteiger partial charge in [0.15, 0.2) is 17.5 Å². The quantitative estimate of drug-likeness (QED) is 0.834. The number of piperidine rings is 1. The third kappa shape index (κ3) is 2.25. The second kappa shape index (κ2) is 4.80. The Labute approximate surface area is 109 Å². The number of aliphatic hydroxyl groups excluding tert-OH is 1. The molecular weight excluding hydrogens is 255 g/mol. The molecule has 1 aliphatic heterocycles. The Balaban J connectivity index is 1.75. The van der Waals surface area contributed by atoms with E-state index in [4.69, 9.17) is 0 Å². The summed E-state index contributed by atoms with van der Waals surface area (Å²) in [5.74, 6) is -3.20. The number of rotatable bonds is 2. The minimum Gasteiger partial charge on any atom is -0.392 e. The highest BCUT2D eigenvalue weighted by Gasteiger charge is 2.40. The maximum Gasteiger partial charge on any atom is 0.194 e.